The summed E-state index contributed by atoms with van der Waals surface area (Å²) in [4.78, 5) is 11.9. The lowest BCUT2D eigenvalue weighted by atomic mass is 10.0. The van der Waals surface area contributed by atoms with Crippen LogP contribution in [0.25, 0.3) is 33.3 Å². The Kier molecular flexibility index (Phi) is 2.86. The van der Waals surface area contributed by atoms with E-state index in [9.17, 15) is 0 Å². The van der Waals surface area contributed by atoms with Crippen LogP contribution in [-0.4, -0.2) is 15.0 Å². The maximum atomic E-state index is 5.82. The van der Waals surface area contributed by atoms with Gasteiger partial charge in [0.25, 0.3) is 0 Å². The van der Waals surface area contributed by atoms with Gasteiger partial charge in [0, 0.05) is 34.4 Å². The summed E-state index contributed by atoms with van der Waals surface area (Å²) >= 11 is 0. The van der Waals surface area contributed by atoms with Crippen LogP contribution in [0.15, 0.2) is 67.0 Å². The number of rotatable bonds is 2. The molecule has 2 aromatic heterocycles. The van der Waals surface area contributed by atoms with Gasteiger partial charge in [0.05, 0.1) is 5.69 Å². The van der Waals surface area contributed by atoms with E-state index in [-0.39, 0.29) is 5.95 Å². The Morgan fingerprint density at radius 3 is 2.50 bits per heavy atom. The minimum Gasteiger partial charge on any atom is -0.368 e. The minimum absolute atomic E-state index is 0.278. The molecule has 0 amide bonds. The van der Waals surface area contributed by atoms with Crippen molar-refractivity contribution in [3.8, 4) is 22.4 Å². The van der Waals surface area contributed by atoms with Gasteiger partial charge >= 0.3 is 0 Å². The average molecular weight is 286 g/mol. The third kappa shape index (κ3) is 2.02. The van der Waals surface area contributed by atoms with E-state index in [0.29, 0.717) is 0 Å². The van der Waals surface area contributed by atoms with Crippen molar-refractivity contribution in [2.45, 2.75) is 0 Å². The van der Waals surface area contributed by atoms with Crippen LogP contribution >= 0.6 is 0 Å². The molecule has 0 aliphatic carbocycles. The minimum atomic E-state index is 0.278. The molecule has 0 aliphatic rings. The number of H-pyrrole nitrogens is 1. The van der Waals surface area contributed by atoms with E-state index in [2.05, 4.69) is 21.0 Å². The highest BCUT2D eigenvalue weighted by Gasteiger charge is 2.14. The van der Waals surface area contributed by atoms with Gasteiger partial charge < -0.3 is 10.7 Å². The maximum absolute atomic E-state index is 5.82. The number of fused-ring (bicyclic) bond motifs is 1. The second kappa shape index (κ2) is 5.00. The topological polar surface area (TPSA) is 67.6 Å². The van der Waals surface area contributed by atoms with Gasteiger partial charge in [-0.2, -0.15) is 0 Å². The number of aromatic nitrogens is 3. The molecule has 2 aromatic carbocycles. The van der Waals surface area contributed by atoms with Crippen LogP contribution < -0.4 is 5.73 Å². The third-order valence-corrected chi connectivity index (χ3v) is 3.74. The van der Waals surface area contributed by atoms with Crippen LogP contribution in [0.3, 0.4) is 0 Å². The Labute approximate surface area is 127 Å². The molecule has 4 aromatic rings. The molecule has 2 heterocycles. The number of para-hydroxylation sites is 1. The highest BCUT2D eigenvalue weighted by atomic mass is 15.0. The zero-order chi connectivity index (χ0) is 14.9. The zero-order valence-corrected chi connectivity index (χ0v) is 11.8. The fraction of sp³-hybridized carbons (Fsp3) is 0. The van der Waals surface area contributed by atoms with E-state index in [1.54, 1.807) is 6.20 Å². The zero-order valence-electron chi connectivity index (χ0n) is 11.8. The fourth-order valence-electron chi connectivity index (χ4n) is 2.70. The first kappa shape index (κ1) is 12.6. The lowest BCUT2D eigenvalue weighted by molar-refractivity contribution is 1.19. The Bertz CT molecular complexity index is 942. The number of nitrogens with zero attached hydrogens (tertiary/aromatic N) is 2. The van der Waals surface area contributed by atoms with Crippen molar-refractivity contribution >= 4 is 16.9 Å². The monoisotopic (exact) mass is 286 g/mol. The number of nitrogen functional groups attached to an aromatic ring is 1. The molecule has 4 rings (SSSR count). The molecule has 0 spiro atoms. The summed E-state index contributed by atoms with van der Waals surface area (Å²) in [5.41, 5.74) is 10.8. The van der Waals surface area contributed by atoms with Crippen LogP contribution in [0, 0.1) is 0 Å². The fourth-order valence-corrected chi connectivity index (χ4v) is 2.70. The number of aromatic amines is 1. The maximum Gasteiger partial charge on any atom is 0.220 e. The quantitative estimate of drug-likeness (QED) is 0.587. The van der Waals surface area contributed by atoms with Gasteiger partial charge in [-0.1, -0.05) is 48.5 Å². The van der Waals surface area contributed by atoms with Gasteiger partial charge in [-0.15, -0.1) is 0 Å². The smallest absolute Gasteiger partial charge is 0.220 e. The van der Waals surface area contributed by atoms with E-state index < -0.39 is 0 Å². The summed E-state index contributed by atoms with van der Waals surface area (Å²) < 4.78 is 0. The number of anilines is 1. The Morgan fingerprint density at radius 1 is 0.864 bits per heavy atom. The SMILES string of the molecule is Nc1ncc(-c2ccccc2)c(-c2c[nH]c3ccccc23)n1. The van der Waals surface area contributed by atoms with Crippen LogP contribution in [0.2, 0.25) is 0 Å². The molecule has 0 radical (unpaired) electrons. The van der Waals surface area contributed by atoms with Crippen molar-refractivity contribution in [1.82, 2.24) is 15.0 Å². The van der Waals surface area contributed by atoms with Crippen molar-refractivity contribution in [2.75, 3.05) is 5.73 Å². The molecule has 0 aliphatic heterocycles. The Morgan fingerprint density at radius 2 is 1.64 bits per heavy atom. The van der Waals surface area contributed by atoms with E-state index >= 15 is 0 Å². The highest BCUT2D eigenvalue weighted by molar-refractivity contribution is 5.98. The van der Waals surface area contributed by atoms with E-state index in [1.807, 2.05) is 54.7 Å². The van der Waals surface area contributed by atoms with Gasteiger partial charge in [0.15, 0.2) is 0 Å². The highest BCUT2D eigenvalue weighted by Crippen LogP contribution is 2.34. The number of nitrogens with two attached hydrogens (primary N) is 1. The van der Waals surface area contributed by atoms with Gasteiger partial charge in [0.2, 0.25) is 5.95 Å². The first-order chi connectivity index (χ1) is 10.8. The average Bonchev–Trinajstić information content (AvgIpc) is 2.99. The van der Waals surface area contributed by atoms with Gasteiger partial charge in [-0.25, -0.2) is 9.97 Å². The summed E-state index contributed by atoms with van der Waals surface area (Å²) in [6.45, 7) is 0. The molecule has 0 fully saturated rings. The second-order valence-corrected chi connectivity index (χ2v) is 5.10. The number of hydrogen-bond acceptors (Lipinski definition) is 3. The molecule has 0 bridgehead atoms. The van der Waals surface area contributed by atoms with Crippen LogP contribution in [-0.2, 0) is 0 Å². The number of hydrogen-bond donors (Lipinski definition) is 2. The van der Waals surface area contributed by atoms with E-state index in [1.165, 1.54) is 0 Å². The van der Waals surface area contributed by atoms with Gasteiger partial charge in [-0.05, 0) is 11.6 Å². The Hall–Kier alpha value is -3.14. The molecule has 0 saturated carbocycles. The lowest BCUT2D eigenvalue weighted by Gasteiger charge is -2.08. The molecule has 4 heteroatoms. The van der Waals surface area contributed by atoms with Crippen LogP contribution in [0.4, 0.5) is 5.95 Å². The summed E-state index contributed by atoms with van der Waals surface area (Å²) in [5, 5.41) is 1.12. The number of benzene rings is 2. The largest absolute Gasteiger partial charge is 0.368 e. The molecule has 0 unspecified atom stereocenters. The first-order valence-electron chi connectivity index (χ1n) is 7.07. The van der Waals surface area contributed by atoms with Crippen molar-refractivity contribution in [2.24, 2.45) is 0 Å². The third-order valence-electron chi connectivity index (χ3n) is 3.74. The van der Waals surface area contributed by atoms with Crippen LogP contribution in [0.1, 0.15) is 0 Å². The van der Waals surface area contributed by atoms with Crippen molar-refractivity contribution in [3.05, 3.63) is 67.0 Å². The standard InChI is InChI=1S/C18H14N4/c19-18-21-10-14(12-6-2-1-3-7-12)17(22-18)15-11-20-16-9-5-4-8-13(15)16/h1-11,20H,(H2,19,21,22). The molecule has 3 N–H and O–H groups in total. The van der Waals surface area contributed by atoms with Crippen molar-refractivity contribution in [3.63, 3.8) is 0 Å². The number of nitrogens with one attached hydrogen (secondary N) is 1. The van der Waals surface area contributed by atoms with Crippen LogP contribution in [0.5, 0.6) is 0 Å². The summed E-state index contributed by atoms with van der Waals surface area (Å²) in [6.07, 6.45) is 3.76. The van der Waals surface area contributed by atoms with Gasteiger partial charge in [0.1, 0.15) is 0 Å². The first-order valence-corrected chi connectivity index (χ1v) is 7.07. The van der Waals surface area contributed by atoms with E-state index in [4.69, 9.17) is 5.73 Å². The molecular formula is C18H14N4. The van der Waals surface area contributed by atoms with Crippen molar-refractivity contribution in [1.29, 1.82) is 0 Å². The summed E-state index contributed by atoms with van der Waals surface area (Å²) in [6, 6.07) is 18.3. The molecular weight excluding hydrogens is 272 g/mol. The molecule has 4 nitrogen and oxygen atoms in total. The predicted octanol–water partition coefficient (Wildman–Crippen LogP) is 3.87. The van der Waals surface area contributed by atoms with Gasteiger partial charge in [-0.3, -0.25) is 0 Å². The van der Waals surface area contributed by atoms with Crippen molar-refractivity contribution < 1.29 is 0 Å². The molecule has 0 saturated heterocycles. The molecule has 0 atom stereocenters. The second-order valence-electron chi connectivity index (χ2n) is 5.10. The summed E-state index contributed by atoms with van der Waals surface area (Å²) in [5.74, 6) is 0.278. The molecule has 22 heavy (non-hydrogen) atoms. The molecule has 106 valence electrons. The summed E-state index contributed by atoms with van der Waals surface area (Å²) in [7, 11) is 0. The predicted molar refractivity (Wildman–Crippen MR) is 89.2 cm³/mol. The lowest BCUT2D eigenvalue weighted by Crippen LogP contribution is -1.98. The normalized spacial score (nSPS) is 10.9. The Balaban J connectivity index is 2.00. The van der Waals surface area contributed by atoms with E-state index in [0.717, 1.165) is 33.3 Å².